The van der Waals surface area contributed by atoms with E-state index in [9.17, 15) is 0 Å². The van der Waals surface area contributed by atoms with E-state index >= 15 is 0 Å². The quantitative estimate of drug-likeness (QED) is 0.872. The number of nitrogens with two attached hydrogens (primary N) is 1. The number of nitrogens with zero attached hydrogens (tertiary/aromatic N) is 1. The molecule has 1 atom stereocenters. The van der Waals surface area contributed by atoms with E-state index in [0.29, 0.717) is 6.61 Å². The molecule has 0 aliphatic heterocycles. The minimum absolute atomic E-state index is 0.160. The number of rotatable bonds is 6. The van der Waals surface area contributed by atoms with Crippen molar-refractivity contribution < 1.29 is 9.47 Å². The molecule has 0 aromatic carbocycles. The van der Waals surface area contributed by atoms with Crippen LogP contribution in [0, 0.1) is 5.92 Å². The van der Waals surface area contributed by atoms with Gasteiger partial charge in [-0.3, -0.25) is 4.98 Å². The molecule has 1 heterocycles. The third kappa shape index (κ3) is 3.74. The van der Waals surface area contributed by atoms with Gasteiger partial charge in [-0.2, -0.15) is 0 Å². The number of methoxy groups -OCH3 is 1. The first-order valence-corrected chi connectivity index (χ1v) is 8.00. The van der Waals surface area contributed by atoms with E-state index in [0.717, 1.165) is 36.5 Å². The first-order valence-electron chi connectivity index (χ1n) is 8.00. The molecular formula is C17H28N2O2. The highest BCUT2D eigenvalue weighted by molar-refractivity contribution is 5.28. The van der Waals surface area contributed by atoms with Gasteiger partial charge in [0.15, 0.2) is 0 Å². The summed E-state index contributed by atoms with van der Waals surface area (Å²) in [5, 5.41) is 0. The Labute approximate surface area is 128 Å². The highest BCUT2D eigenvalue weighted by Gasteiger charge is 2.40. The Morgan fingerprint density at radius 2 is 2.10 bits per heavy atom. The molecule has 4 nitrogen and oxygen atoms in total. The Morgan fingerprint density at radius 3 is 2.71 bits per heavy atom. The van der Waals surface area contributed by atoms with Crippen LogP contribution in [0.25, 0.3) is 0 Å². The third-order valence-electron chi connectivity index (χ3n) is 4.66. The largest absolute Gasteiger partial charge is 0.492 e. The molecule has 1 saturated carbocycles. The highest BCUT2D eigenvalue weighted by atomic mass is 16.5. The van der Waals surface area contributed by atoms with Gasteiger partial charge >= 0.3 is 0 Å². The van der Waals surface area contributed by atoms with Gasteiger partial charge in [-0.1, -0.05) is 13.8 Å². The van der Waals surface area contributed by atoms with Crippen LogP contribution in [0.1, 0.15) is 57.6 Å². The molecule has 1 aromatic rings. The summed E-state index contributed by atoms with van der Waals surface area (Å²) in [5.41, 5.74) is 7.27. The van der Waals surface area contributed by atoms with Crippen molar-refractivity contribution in [1.29, 1.82) is 0 Å². The molecule has 2 N–H and O–H groups in total. The van der Waals surface area contributed by atoms with Gasteiger partial charge in [0.1, 0.15) is 5.75 Å². The zero-order valence-electron chi connectivity index (χ0n) is 13.5. The lowest BCUT2D eigenvalue weighted by Gasteiger charge is -2.42. The maximum atomic E-state index is 6.54. The van der Waals surface area contributed by atoms with Crippen LogP contribution in [0.3, 0.4) is 0 Å². The normalized spacial score (nSPS) is 27.3. The fraction of sp³-hybridized carbons (Fsp3) is 0.706. The topological polar surface area (TPSA) is 57.4 Å². The number of hydrogen-bond acceptors (Lipinski definition) is 4. The van der Waals surface area contributed by atoms with E-state index in [4.69, 9.17) is 15.2 Å². The molecule has 21 heavy (non-hydrogen) atoms. The molecule has 0 spiro atoms. The molecule has 1 aliphatic rings. The van der Waals surface area contributed by atoms with Gasteiger partial charge in [0, 0.05) is 13.3 Å². The Hall–Kier alpha value is -1.13. The number of ether oxygens (including phenoxy) is 2. The molecule has 2 rings (SSSR count). The van der Waals surface area contributed by atoms with Gasteiger partial charge in [0.2, 0.25) is 0 Å². The van der Waals surface area contributed by atoms with Crippen LogP contribution in [-0.4, -0.2) is 24.3 Å². The van der Waals surface area contributed by atoms with E-state index in [1.807, 2.05) is 12.3 Å². The number of hydrogen-bond donors (Lipinski definition) is 1. The van der Waals surface area contributed by atoms with Crippen molar-refractivity contribution in [2.45, 2.75) is 57.6 Å². The Morgan fingerprint density at radius 1 is 1.38 bits per heavy atom. The van der Waals surface area contributed by atoms with Crippen molar-refractivity contribution in [3.05, 3.63) is 24.0 Å². The molecule has 1 fully saturated rings. The van der Waals surface area contributed by atoms with Gasteiger partial charge in [-0.25, -0.2) is 0 Å². The maximum absolute atomic E-state index is 6.54. The predicted molar refractivity (Wildman–Crippen MR) is 84.3 cm³/mol. The number of aromatic nitrogens is 1. The van der Waals surface area contributed by atoms with Crippen LogP contribution < -0.4 is 10.5 Å². The van der Waals surface area contributed by atoms with Crippen molar-refractivity contribution in [2.24, 2.45) is 11.7 Å². The average Bonchev–Trinajstić information content (AvgIpc) is 2.53. The second-order valence-electron chi connectivity index (χ2n) is 6.23. The molecule has 0 radical (unpaired) electrons. The zero-order valence-corrected chi connectivity index (χ0v) is 13.5. The Bertz CT molecular complexity index is 442. The second-order valence-corrected chi connectivity index (χ2v) is 6.23. The molecule has 0 saturated heterocycles. The van der Waals surface area contributed by atoms with Crippen LogP contribution in [0.5, 0.6) is 5.75 Å². The molecule has 1 unspecified atom stereocenters. The summed E-state index contributed by atoms with van der Waals surface area (Å²) in [6, 6.07) is 1.85. The maximum Gasteiger partial charge on any atom is 0.137 e. The molecular weight excluding hydrogens is 264 g/mol. The van der Waals surface area contributed by atoms with Gasteiger partial charge in [0.25, 0.3) is 0 Å². The third-order valence-corrected chi connectivity index (χ3v) is 4.66. The van der Waals surface area contributed by atoms with E-state index in [2.05, 4.69) is 18.8 Å². The standard InChI is InChI=1S/C17H28N2O2/c1-4-9-21-15-10-14(11-19-12-15)16(18)17(20-3)7-5-13(2)6-8-17/h10-13,16H,4-9,18H2,1-3H3. The minimum atomic E-state index is -0.266. The average molecular weight is 292 g/mol. The van der Waals surface area contributed by atoms with Gasteiger partial charge in [-0.05, 0) is 49.7 Å². The van der Waals surface area contributed by atoms with Crippen LogP contribution >= 0.6 is 0 Å². The molecule has 0 bridgehead atoms. The minimum Gasteiger partial charge on any atom is -0.492 e. The number of pyridine rings is 1. The summed E-state index contributed by atoms with van der Waals surface area (Å²) in [6.07, 6.45) is 8.91. The molecule has 4 heteroatoms. The van der Waals surface area contributed by atoms with Crippen LogP contribution in [0.4, 0.5) is 0 Å². The smallest absolute Gasteiger partial charge is 0.137 e. The SMILES string of the molecule is CCCOc1cncc(C(N)C2(OC)CCC(C)CC2)c1. The lowest BCUT2D eigenvalue weighted by Crippen LogP contribution is -2.45. The van der Waals surface area contributed by atoms with E-state index in [-0.39, 0.29) is 11.6 Å². The Kier molecular flexibility index (Phi) is 5.59. The first-order chi connectivity index (χ1) is 10.1. The van der Waals surface area contributed by atoms with E-state index in [1.165, 1.54) is 12.8 Å². The lowest BCUT2D eigenvalue weighted by atomic mass is 9.74. The second kappa shape index (κ2) is 7.23. The van der Waals surface area contributed by atoms with E-state index in [1.54, 1.807) is 13.3 Å². The Balaban J connectivity index is 2.15. The molecule has 118 valence electrons. The van der Waals surface area contributed by atoms with Crippen LogP contribution in [-0.2, 0) is 4.74 Å². The summed E-state index contributed by atoms with van der Waals surface area (Å²) in [6.45, 7) is 5.09. The highest BCUT2D eigenvalue weighted by Crippen LogP contribution is 2.41. The fourth-order valence-electron chi connectivity index (χ4n) is 3.10. The summed E-state index contributed by atoms with van der Waals surface area (Å²) >= 11 is 0. The van der Waals surface area contributed by atoms with Crippen molar-refractivity contribution >= 4 is 0 Å². The molecule has 1 aliphatic carbocycles. The van der Waals surface area contributed by atoms with Gasteiger partial charge < -0.3 is 15.2 Å². The van der Waals surface area contributed by atoms with Crippen molar-refractivity contribution in [3.8, 4) is 5.75 Å². The van der Waals surface area contributed by atoms with E-state index < -0.39 is 0 Å². The van der Waals surface area contributed by atoms with Gasteiger partial charge in [0.05, 0.1) is 24.4 Å². The molecule has 0 amide bonds. The summed E-state index contributed by atoms with van der Waals surface area (Å²) in [5.74, 6) is 1.55. The summed E-state index contributed by atoms with van der Waals surface area (Å²) in [7, 11) is 1.78. The summed E-state index contributed by atoms with van der Waals surface area (Å²) in [4.78, 5) is 4.27. The summed E-state index contributed by atoms with van der Waals surface area (Å²) < 4.78 is 11.5. The predicted octanol–water partition coefficient (Wildman–Crippen LogP) is 3.47. The van der Waals surface area contributed by atoms with Crippen LogP contribution in [0.2, 0.25) is 0 Å². The first kappa shape index (κ1) is 16.2. The van der Waals surface area contributed by atoms with Crippen molar-refractivity contribution in [1.82, 2.24) is 4.98 Å². The van der Waals surface area contributed by atoms with Gasteiger partial charge in [-0.15, -0.1) is 0 Å². The monoisotopic (exact) mass is 292 g/mol. The zero-order chi connectivity index (χ0) is 15.3. The van der Waals surface area contributed by atoms with Crippen molar-refractivity contribution in [2.75, 3.05) is 13.7 Å². The lowest BCUT2D eigenvalue weighted by molar-refractivity contribution is -0.0673. The van der Waals surface area contributed by atoms with Crippen molar-refractivity contribution in [3.63, 3.8) is 0 Å². The van der Waals surface area contributed by atoms with Crippen LogP contribution in [0.15, 0.2) is 18.5 Å². The molecule has 1 aromatic heterocycles. The fourth-order valence-corrected chi connectivity index (χ4v) is 3.10.